The number of imide groups is 1. The van der Waals surface area contributed by atoms with Gasteiger partial charge in [-0.15, -0.1) is 0 Å². The molecule has 7 nitrogen and oxygen atoms in total. The van der Waals surface area contributed by atoms with Gasteiger partial charge in [0.15, 0.2) is 0 Å². The Hall–Kier alpha value is -3.19. The summed E-state index contributed by atoms with van der Waals surface area (Å²) < 4.78 is 0. The van der Waals surface area contributed by atoms with E-state index in [4.69, 9.17) is 0 Å². The van der Waals surface area contributed by atoms with E-state index in [0.717, 1.165) is 32.5 Å². The van der Waals surface area contributed by atoms with E-state index in [1.54, 1.807) is 24.3 Å². The van der Waals surface area contributed by atoms with Crippen LogP contribution in [0.2, 0.25) is 0 Å². The molecule has 0 unspecified atom stereocenters. The second kappa shape index (κ2) is 9.09. The van der Waals surface area contributed by atoms with E-state index in [9.17, 15) is 14.4 Å². The number of urea groups is 1. The van der Waals surface area contributed by atoms with Gasteiger partial charge in [0.05, 0.1) is 11.3 Å². The fourth-order valence-electron chi connectivity index (χ4n) is 4.04. The molecule has 0 aromatic heterocycles. The number of para-hydroxylation sites is 1. The van der Waals surface area contributed by atoms with Crippen LogP contribution in [0.15, 0.2) is 54.6 Å². The summed E-state index contributed by atoms with van der Waals surface area (Å²) in [5.74, 6) is -0.475. The number of nitrogens with one attached hydrogen (secondary N) is 2. The number of amides is 4. The van der Waals surface area contributed by atoms with Crippen LogP contribution in [0.4, 0.5) is 10.5 Å². The van der Waals surface area contributed by atoms with Crippen LogP contribution >= 0.6 is 0 Å². The van der Waals surface area contributed by atoms with Gasteiger partial charge in [-0.25, -0.2) is 4.79 Å². The van der Waals surface area contributed by atoms with Gasteiger partial charge >= 0.3 is 6.03 Å². The molecular weight excluding hydrogens is 380 g/mol. The fraction of sp³-hybridized carbons (Fsp3) is 0.348. The molecule has 2 N–H and O–H groups in total. The lowest BCUT2D eigenvalue weighted by Crippen LogP contribution is -2.50. The van der Waals surface area contributed by atoms with Crippen molar-refractivity contribution >= 4 is 23.5 Å². The maximum absolute atomic E-state index is 13.0. The summed E-state index contributed by atoms with van der Waals surface area (Å²) in [5, 5.41) is 5.44. The van der Waals surface area contributed by atoms with Crippen molar-refractivity contribution in [2.24, 2.45) is 0 Å². The number of hydrogen-bond acceptors (Lipinski definition) is 4. The van der Waals surface area contributed by atoms with Gasteiger partial charge in [-0.05, 0) is 30.5 Å². The highest BCUT2D eigenvalue weighted by molar-refractivity contribution is 6.09. The quantitative estimate of drug-likeness (QED) is 0.800. The lowest BCUT2D eigenvalue weighted by atomic mass is 10.0. The number of hydrogen-bond donors (Lipinski definition) is 2. The van der Waals surface area contributed by atoms with Crippen LogP contribution in [-0.4, -0.2) is 48.4 Å². The molecule has 0 radical (unpaired) electrons. The van der Waals surface area contributed by atoms with Gasteiger partial charge in [0.1, 0.15) is 0 Å². The Morgan fingerprint density at radius 3 is 2.40 bits per heavy atom. The zero-order chi connectivity index (χ0) is 20.9. The second-order valence-corrected chi connectivity index (χ2v) is 7.78. The number of rotatable bonds is 5. The summed E-state index contributed by atoms with van der Waals surface area (Å²) in [6.45, 7) is 3.05. The third kappa shape index (κ3) is 4.68. The van der Waals surface area contributed by atoms with Crippen molar-refractivity contribution in [3.8, 4) is 0 Å². The first-order valence-electron chi connectivity index (χ1n) is 10.4. The number of carbonyl (C=O) groups is 3. The minimum Gasteiger partial charge on any atom is -0.349 e. The van der Waals surface area contributed by atoms with E-state index < -0.39 is 6.03 Å². The van der Waals surface area contributed by atoms with Crippen LogP contribution in [0, 0.1) is 0 Å². The monoisotopic (exact) mass is 406 g/mol. The molecule has 2 heterocycles. The Morgan fingerprint density at radius 2 is 1.67 bits per heavy atom. The van der Waals surface area contributed by atoms with E-state index >= 15 is 0 Å². The van der Waals surface area contributed by atoms with E-state index in [0.29, 0.717) is 11.3 Å². The average Bonchev–Trinajstić information content (AvgIpc) is 2.76. The van der Waals surface area contributed by atoms with Gasteiger partial charge in [-0.1, -0.05) is 42.5 Å². The molecule has 0 spiro atoms. The van der Waals surface area contributed by atoms with Gasteiger partial charge in [-0.2, -0.15) is 0 Å². The van der Waals surface area contributed by atoms with Crippen molar-refractivity contribution in [1.29, 1.82) is 0 Å². The van der Waals surface area contributed by atoms with E-state index in [-0.39, 0.29) is 30.8 Å². The number of nitrogens with zero attached hydrogens (tertiary/aromatic N) is 2. The van der Waals surface area contributed by atoms with Gasteiger partial charge in [0, 0.05) is 38.6 Å². The SMILES string of the molecule is O=C1CCN(c2ccccc2C(=O)NC2CCN(Cc3ccccc3)CC2)C(=O)N1. The Bertz CT molecular complexity index is 923. The lowest BCUT2D eigenvalue weighted by molar-refractivity contribution is -0.120. The summed E-state index contributed by atoms with van der Waals surface area (Å²) in [5.41, 5.74) is 2.28. The van der Waals surface area contributed by atoms with Crippen molar-refractivity contribution in [1.82, 2.24) is 15.5 Å². The maximum Gasteiger partial charge on any atom is 0.328 e. The largest absolute Gasteiger partial charge is 0.349 e. The standard InChI is InChI=1S/C23H26N4O3/c28-21-12-15-27(23(30)25-21)20-9-5-4-8-19(20)22(29)24-18-10-13-26(14-11-18)16-17-6-2-1-3-7-17/h1-9,18H,10-16H2,(H,24,29)(H,25,28,30). The highest BCUT2D eigenvalue weighted by Crippen LogP contribution is 2.23. The first-order chi connectivity index (χ1) is 14.6. The van der Waals surface area contributed by atoms with E-state index in [1.807, 2.05) is 6.07 Å². The predicted octanol–water partition coefficient (Wildman–Crippen LogP) is 2.53. The van der Waals surface area contributed by atoms with Crippen LogP contribution < -0.4 is 15.5 Å². The van der Waals surface area contributed by atoms with Gasteiger partial charge in [-0.3, -0.25) is 24.7 Å². The molecule has 156 valence electrons. The van der Waals surface area contributed by atoms with Crippen molar-refractivity contribution in [3.63, 3.8) is 0 Å². The van der Waals surface area contributed by atoms with E-state index in [2.05, 4.69) is 39.8 Å². The number of anilines is 1. The van der Waals surface area contributed by atoms with Crippen molar-refractivity contribution < 1.29 is 14.4 Å². The zero-order valence-electron chi connectivity index (χ0n) is 16.8. The summed E-state index contributed by atoms with van der Waals surface area (Å²) >= 11 is 0. The smallest absolute Gasteiger partial charge is 0.328 e. The molecule has 2 fully saturated rings. The molecule has 2 aromatic carbocycles. The van der Waals surface area contributed by atoms with Crippen molar-refractivity contribution in [2.75, 3.05) is 24.5 Å². The Morgan fingerprint density at radius 1 is 0.967 bits per heavy atom. The topological polar surface area (TPSA) is 81.8 Å². The van der Waals surface area contributed by atoms with Gasteiger partial charge in [0.25, 0.3) is 5.91 Å². The van der Waals surface area contributed by atoms with Crippen LogP contribution in [0.5, 0.6) is 0 Å². The molecule has 7 heteroatoms. The van der Waals surface area contributed by atoms with Crippen LogP contribution in [-0.2, 0) is 11.3 Å². The molecule has 2 aliphatic rings. The van der Waals surface area contributed by atoms with Crippen molar-refractivity contribution in [2.45, 2.75) is 31.8 Å². The summed E-state index contributed by atoms with van der Waals surface area (Å²) in [7, 11) is 0. The number of benzene rings is 2. The normalized spacial score (nSPS) is 18.2. The molecule has 4 rings (SSSR count). The van der Waals surface area contributed by atoms with Gasteiger partial charge < -0.3 is 5.32 Å². The molecule has 2 saturated heterocycles. The molecule has 0 aliphatic carbocycles. The molecule has 30 heavy (non-hydrogen) atoms. The maximum atomic E-state index is 13.0. The predicted molar refractivity (Wildman–Crippen MR) is 114 cm³/mol. The summed E-state index contributed by atoms with van der Waals surface area (Å²) in [6, 6.07) is 17.1. The third-order valence-corrected chi connectivity index (χ3v) is 5.67. The van der Waals surface area contributed by atoms with Gasteiger partial charge in [0.2, 0.25) is 5.91 Å². The van der Waals surface area contributed by atoms with Crippen molar-refractivity contribution in [3.05, 3.63) is 65.7 Å². The molecular formula is C23H26N4O3. The minimum absolute atomic E-state index is 0.106. The number of likely N-dealkylation sites (tertiary alicyclic amines) is 1. The Kier molecular flexibility index (Phi) is 6.09. The number of piperidine rings is 1. The zero-order valence-corrected chi connectivity index (χ0v) is 16.8. The Balaban J connectivity index is 1.36. The number of carbonyl (C=O) groups excluding carboxylic acids is 3. The molecule has 2 aliphatic heterocycles. The van der Waals surface area contributed by atoms with Crippen LogP contribution in [0.25, 0.3) is 0 Å². The average molecular weight is 406 g/mol. The van der Waals surface area contributed by atoms with E-state index in [1.165, 1.54) is 10.5 Å². The molecule has 0 atom stereocenters. The molecule has 4 amide bonds. The Labute approximate surface area is 176 Å². The molecule has 0 saturated carbocycles. The van der Waals surface area contributed by atoms with Crippen LogP contribution in [0.1, 0.15) is 35.2 Å². The summed E-state index contributed by atoms with van der Waals surface area (Å²) in [6.07, 6.45) is 2.00. The molecule has 2 aromatic rings. The highest BCUT2D eigenvalue weighted by Gasteiger charge is 2.28. The highest BCUT2D eigenvalue weighted by atomic mass is 16.2. The van der Waals surface area contributed by atoms with Crippen LogP contribution in [0.3, 0.4) is 0 Å². The first kappa shape index (κ1) is 20.1. The second-order valence-electron chi connectivity index (χ2n) is 7.78. The summed E-state index contributed by atoms with van der Waals surface area (Å²) in [4.78, 5) is 40.5. The minimum atomic E-state index is -0.485. The molecule has 0 bridgehead atoms. The lowest BCUT2D eigenvalue weighted by Gasteiger charge is -2.33. The fourth-order valence-corrected chi connectivity index (χ4v) is 4.04. The first-order valence-corrected chi connectivity index (χ1v) is 10.4. The third-order valence-electron chi connectivity index (χ3n) is 5.67.